The summed E-state index contributed by atoms with van der Waals surface area (Å²) in [5.41, 5.74) is 2.16. The van der Waals surface area contributed by atoms with Crippen LogP contribution in [0.25, 0.3) is 21.6 Å². The van der Waals surface area contributed by atoms with Crippen LogP contribution in [-0.2, 0) is 0 Å². The molecule has 1 fully saturated rings. The molecule has 3 heterocycles. The second-order valence-electron chi connectivity index (χ2n) is 6.81. The van der Waals surface area contributed by atoms with E-state index in [0.29, 0.717) is 18.4 Å². The summed E-state index contributed by atoms with van der Waals surface area (Å²) < 4.78 is 0. The molecule has 0 bridgehead atoms. The van der Waals surface area contributed by atoms with Gasteiger partial charge in [-0.15, -0.1) is 11.3 Å². The Morgan fingerprint density at radius 1 is 1.32 bits per heavy atom. The van der Waals surface area contributed by atoms with Gasteiger partial charge in [0, 0.05) is 35.4 Å². The van der Waals surface area contributed by atoms with Gasteiger partial charge in [0.1, 0.15) is 10.6 Å². The third-order valence-corrected chi connectivity index (χ3v) is 5.75. The number of pyridine rings is 1. The Labute approximate surface area is 151 Å². The molecule has 130 valence electrons. The van der Waals surface area contributed by atoms with Crippen LogP contribution in [0.15, 0.2) is 24.5 Å². The quantitative estimate of drug-likeness (QED) is 0.756. The van der Waals surface area contributed by atoms with Crippen molar-refractivity contribution >= 4 is 27.4 Å². The van der Waals surface area contributed by atoms with Gasteiger partial charge in [-0.2, -0.15) is 0 Å². The fourth-order valence-corrected chi connectivity index (χ4v) is 4.16. The predicted molar refractivity (Wildman–Crippen MR) is 102 cm³/mol. The molecular formula is C19H22N4OS. The highest BCUT2D eigenvalue weighted by Gasteiger charge is 2.33. The van der Waals surface area contributed by atoms with Crippen LogP contribution in [-0.4, -0.2) is 38.7 Å². The molecule has 0 spiro atoms. The standard InChI is InChI=1S/C19H22N4OS/c1-11(24)10-23(15-6-7-15)18-16-12(2)13(3)25-19(16)22-17(21-18)14-5-4-8-20-9-14/h4-5,8-9,11,15,24H,6-7,10H2,1-3H3/t11-/m1/s1. The van der Waals surface area contributed by atoms with E-state index in [1.807, 2.05) is 19.1 Å². The first-order chi connectivity index (χ1) is 12.0. The van der Waals surface area contributed by atoms with Crippen molar-refractivity contribution in [1.29, 1.82) is 0 Å². The highest BCUT2D eigenvalue weighted by atomic mass is 32.1. The Kier molecular flexibility index (Phi) is 4.17. The van der Waals surface area contributed by atoms with E-state index in [-0.39, 0.29) is 0 Å². The van der Waals surface area contributed by atoms with E-state index in [1.54, 1.807) is 23.7 Å². The number of thiophene rings is 1. The lowest BCUT2D eigenvalue weighted by Crippen LogP contribution is -2.34. The summed E-state index contributed by atoms with van der Waals surface area (Å²) in [5, 5.41) is 11.1. The average molecular weight is 354 g/mol. The van der Waals surface area contributed by atoms with Crippen LogP contribution in [0.4, 0.5) is 5.82 Å². The molecule has 3 aromatic heterocycles. The van der Waals surface area contributed by atoms with Gasteiger partial charge in [-0.05, 0) is 51.3 Å². The minimum Gasteiger partial charge on any atom is -0.392 e. The summed E-state index contributed by atoms with van der Waals surface area (Å²) in [6, 6.07) is 4.36. The van der Waals surface area contributed by atoms with Gasteiger partial charge in [0.25, 0.3) is 0 Å². The number of aliphatic hydroxyl groups excluding tert-OH is 1. The number of fused-ring (bicyclic) bond motifs is 1. The molecule has 0 aliphatic heterocycles. The maximum atomic E-state index is 10.0. The SMILES string of the molecule is Cc1sc2nc(-c3cccnc3)nc(N(C[C@@H](C)O)C3CC3)c2c1C. The van der Waals surface area contributed by atoms with E-state index in [9.17, 15) is 5.11 Å². The molecule has 5 nitrogen and oxygen atoms in total. The molecule has 1 aliphatic rings. The van der Waals surface area contributed by atoms with Gasteiger partial charge >= 0.3 is 0 Å². The van der Waals surface area contributed by atoms with Crippen LogP contribution in [0.1, 0.15) is 30.2 Å². The number of anilines is 1. The highest BCUT2D eigenvalue weighted by Crippen LogP contribution is 2.40. The lowest BCUT2D eigenvalue weighted by molar-refractivity contribution is 0.199. The first kappa shape index (κ1) is 16.4. The van der Waals surface area contributed by atoms with Crippen LogP contribution < -0.4 is 4.90 Å². The molecule has 0 saturated heterocycles. The molecule has 0 amide bonds. The van der Waals surface area contributed by atoms with Gasteiger partial charge in [-0.25, -0.2) is 9.97 Å². The largest absolute Gasteiger partial charge is 0.392 e. The van der Waals surface area contributed by atoms with Gasteiger partial charge in [0.05, 0.1) is 11.5 Å². The number of aromatic nitrogens is 3. The second kappa shape index (κ2) is 6.35. The summed E-state index contributed by atoms with van der Waals surface area (Å²) in [5.74, 6) is 1.65. The van der Waals surface area contributed by atoms with Crippen molar-refractivity contribution in [2.45, 2.75) is 45.8 Å². The van der Waals surface area contributed by atoms with Crippen molar-refractivity contribution in [1.82, 2.24) is 15.0 Å². The number of aliphatic hydroxyl groups is 1. The van der Waals surface area contributed by atoms with Gasteiger partial charge in [0.15, 0.2) is 5.82 Å². The topological polar surface area (TPSA) is 62.1 Å². The summed E-state index contributed by atoms with van der Waals surface area (Å²) in [7, 11) is 0. The van der Waals surface area contributed by atoms with Crippen LogP contribution in [0.5, 0.6) is 0 Å². The molecule has 1 saturated carbocycles. The molecule has 25 heavy (non-hydrogen) atoms. The number of hydrogen-bond acceptors (Lipinski definition) is 6. The maximum absolute atomic E-state index is 10.0. The molecule has 1 aliphatic carbocycles. The van der Waals surface area contributed by atoms with Crippen molar-refractivity contribution < 1.29 is 5.11 Å². The molecule has 0 radical (unpaired) electrons. The third kappa shape index (κ3) is 3.12. The zero-order valence-corrected chi connectivity index (χ0v) is 15.5. The van der Waals surface area contributed by atoms with Crippen LogP contribution in [0.2, 0.25) is 0 Å². The van der Waals surface area contributed by atoms with E-state index < -0.39 is 6.10 Å². The summed E-state index contributed by atoms with van der Waals surface area (Å²) in [6.07, 6.45) is 5.47. The Morgan fingerprint density at radius 3 is 2.76 bits per heavy atom. The van der Waals surface area contributed by atoms with E-state index in [1.165, 1.54) is 10.4 Å². The number of nitrogens with zero attached hydrogens (tertiary/aromatic N) is 4. The third-order valence-electron chi connectivity index (χ3n) is 4.65. The predicted octanol–water partition coefficient (Wildman–Crippen LogP) is 3.72. The maximum Gasteiger partial charge on any atom is 0.164 e. The van der Waals surface area contributed by atoms with Crippen molar-refractivity contribution in [3.05, 3.63) is 35.0 Å². The molecule has 3 aromatic rings. The van der Waals surface area contributed by atoms with Crippen molar-refractivity contribution in [3.8, 4) is 11.4 Å². The highest BCUT2D eigenvalue weighted by molar-refractivity contribution is 7.18. The fraction of sp³-hybridized carbons (Fsp3) is 0.421. The zero-order valence-electron chi connectivity index (χ0n) is 14.7. The Balaban J connectivity index is 1.93. The van der Waals surface area contributed by atoms with Gasteiger partial charge < -0.3 is 10.0 Å². The molecule has 0 unspecified atom stereocenters. The fourth-order valence-electron chi connectivity index (χ4n) is 3.14. The van der Waals surface area contributed by atoms with Gasteiger partial charge in [-0.1, -0.05) is 0 Å². The van der Waals surface area contributed by atoms with Crippen molar-refractivity contribution in [2.24, 2.45) is 0 Å². The molecule has 6 heteroatoms. The number of aryl methyl sites for hydroxylation is 2. The van der Waals surface area contributed by atoms with Crippen LogP contribution >= 0.6 is 11.3 Å². The lowest BCUT2D eigenvalue weighted by Gasteiger charge is -2.26. The zero-order chi connectivity index (χ0) is 17.6. The Bertz CT molecular complexity index is 903. The Morgan fingerprint density at radius 2 is 2.12 bits per heavy atom. The van der Waals surface area contributed by atoms with E-state index >= 15 is 0 Å². The first-order valence-corrected chi connectivity index (χ1v) is 9.49. The first-order valence-electron chi connectivity index (χ1n) is 8.67. The summed E-state index contributed by atoms with van der Waals surface area (Å²) >= 11 is 1.71. The number of hydrogen-bond donors (Lipinski definition) is 1. The lowest BCUT2D eigenvalue weighted by atomic mass is 10.2. The number of rotatable bonds is 5. The second-order valence-corrected chi connectivity index (χ2v) is 8.01. The summed E-state index contributed by atoms with van der Waals surface area (Å²) in [4.78, 5) is 18.5. The summed E-state index contributed by atoms with van der Waals surface area (Å²) in [6.45, 7) is 6.70. The molecule has 1 atom stereocenters. The smallest absolute Gasteiger partial charge is 0.164 e. The van der Waals surface area contributed by atoms with Crippen LogP contribution in [0.3, 0.4) is 0 Å². The van der Waals surface area contributed by atoms with Crippen molar-refractivity contribution in [2.75, 3.05) is 11.4 Å². The molecule has 4 rings (SSSR count). The van der Waals surface area contributed by atoms with E-state index in [4.69, 9.17) is 9.97 Å². The van der Waals surface area contributed by atoms with Gasteiger partial charge in [-0.3, -0.25) is 4.98 Å². The van der Waals surface area contributed by atoms with E-state index in [2.05, 4.69) is 23.7 Å². The molecule has 1 N–H and O–H groups in total. The molecule has 0 aromatic carbocycles. The molecular weight excluding hydrogens is 332 g/mol. The van der Waals surface area contributed by atoms with Crippen molar-refractivity contribution in [3.63, 3.8) is 0 Å². The van der Waals surface area contributed by atoms with Crippen LogP contribution in [0, 0.1) is 13.8 Å². The Hall–Kier alpha value is -2.05. The van der Waals surface area contributed by atoms with E-state index in [0.717, 1.165) is 34.4 Å². The van der Waals surface area contributed by atoms with Gasteiger partial charge in [0.2, 0.25) is 0 Å². The average Bonchev–Trinajstić information content (AvgIpc) is 3.39. The minimum atomic E-state index is -0.396. The normalized spacial score (nSPS) is 15.5. The minimum absolute atomic E-state index is 0.396. The monoisotopic (exact) mass is 354 g/mol.